The summed E-state index contributed by atoms with van der Waals surface area (Å²) in [6.45, 7) is 2.76. The maximum atomic E-state index is 13.2. The maximum Gasteiger partial charge on any atom is 0.451 e. The Labute approximate surface area is 164 Å². The topological polar surface area (TPSA) is 69.6 Å². The molecule has 1 aromatic carbocycles. The Morgan fingerprint density at radius 3 is 2.42 bits per heavy atom. The van der Waals surface area contributed by atoms with Gasteiger partial charge in [-0.25, -0.2) is 19.0 Å². The van der Waals surface area contributed by atoms with Gasteiger partial charge in [-0.15, -0.1) is 5.10 Å². The molecule has 11 heteroatoms. The van der Waals surface area contributed by atoms with E-state index in [1.54, 1.807) is 18.2 Å². The van der Waals surface area contributed by atoms with Crippen LogP contribution in [0.15, 0.2) is 18.2 Å². The van der Waals surface area contributed by atoms with Gasteiger partial charge in [-0.2, -0.15) is 13.2 Å². The minimum Gasteiger partial charge on any atom is -0.383 e. The number of nitrogens with two attached hydrogens (primary N) is 1. The smallest absolute Gasteiger partial charge is 0.383 e. The van der Waals surface area contributed by atoms with Crippen molar-refractivity contribution in [2.75, 3.05) is 5.73 Å². The Balaban J connectivity index is 0.00000117. The van der Waals surface area contributed by atoms with Crippen LogP contribution >= 0.6 is 34.2 Å². The molecule has 2 N–H and O–H groups in total. The molecule has 0 unspecified atom stereocenters. The zero-order valence-electron chi connectivity index (χ0n) is 13.6. The SMILES string of the molecule is CC.Nc1c2c(CF)nc(C(F)(F)F)nc2nn1-c1ccc(I)cc1Cl. The summed E-state index contributed by atoms with van der Waals surface area (Å²) in [5.74, 6) is -1.56. The molecular weight excluding hydrogens is 489 g/mol. The summed E-state index contributed by atoms with van der Waals surface area (Å²) in [6.07, 6.45) is -4.82. The van der Waals surface area contributed by atoms with E-state index in [1.807, 2.05) is 36.4 Å². The van der Waals surface area contributed by atoms with E-state index in [0.717, 1.165) is 8.25 Å². The largest absolute Gasteiger partial charge is 0.451 e. The molecule has 0 saturated carbocycles. The van der Waals surface area contributed by atoms with Gasteiger partial charge in [0.2, 0.25) is 5.82 Å². The molecule has 2 heterocycles. The number of hydrogen-bond donors (Lipinski definition) is 1. The van der Waals surface area contributed by atoms with Crippen LogP contribution in [-0.4, -0.2) is 19.7 Å². The fraction of sp³-hybridized carbons (Fsp3) is 0.267. The first-order valence-electron chi connectivity index (χ1n) is 7.36. The molecule has 140 valence electrons. The summed E-state index contributed by atoms with van der Waals surface area (Å²) in [4.78, 5) is 6.57. The van der Waals surface area contributed by atoms with Gasteiger partial charge < -0.3 is 5.73 Å². The fourth-order valence-corrected chi connectivity index (χ4v) is 3.08. The van der Waals surface area contributed by atoms with Gasteiger partial charge in [-0.05, 0) is 40.8 Å². The number of rotatable bonds is 2. The summed E-state index contributed by atoms with van der Waals surface area (Å²) < 4.78 is 53.6. The van der Waals surface area contributed by atoms with Gasteiger partial charge in [0.05, 0.1) is 21.8 Å². The zero-order valence-corrected chi connectivity index (χ0v) is 16.5. The van der Waals surface area contributed by atoms with E-state index in [4.69, 9.17) is 17.3 Å². The van der Waals surface area contributed by atoms with E-state index < -0.39 is 24.4 Å². The average Bonchev–Trinajstić information content (AvgIpc) is 2.92. The third-order valence-electron chi connectivity index (χ3n) is 3.16. The first-order chi connectivity index (χ1) is 12.2. The lowest BCUT2D eigenvalue weighted by Gasteiger charge is -2.07. The number of halogens is 6. The maximum absolute atomic E-state index is 13.2. The number of anilines is 1. The van der Waals surface area contributed by atoms with Crippen molar-refractivity contribution < 1.29 is 17.6 Å². The highest BCUT2D eigenvalue weighted by atomic mass is 127. The number of nitrogens with zero attached hydrogens (tertiary/aromatic N) is 4. The summed E-state index contributed by atoms with van der Waals surface area (Å²) in [5, 5.41) is 4.16. The predicted molar refractivity (Wildman–Crippen MR) is 100.0 cm³/mol. The van der Waals surface area contributed by atoms with Gasteiger partial charge in [0.25, 0.3) is 0 Å². The Bertz CT molecular complexity index is 942. The summed E-state index contributed by atoms with van der Waals surface area (Å²) in [6, 6.07) is 4.95. The molecule has 0 bridgehead atoms. The van der Waals surface area contributed by atoms with Crippen LogP contribution in [0.2, 0.25) is 5.02 Å². The normalized spacial score (nSPS) is 11.4. The lowest BCUT2D eigenvalue weighted by molar-refractivity contribution is -0.144. The van der Waals surface area contributed by atoms with Crippen LogP contribution in [0.5, 0.6) is 0 Å². The van der Waals surface area contributed by atoms with Crippen LogP contribution in [0.25, 0.3) is 16.7 Å². The molecule has 0 saturated heterocycles. The van der Waals surface area contributed by atoms with Crippen LogP contribution < -0.4 is 5.73 Å². The predicted octanol–water partition coefficient (Wildman–Crippen LogP) is 5.17. The second-order valence-electron chi connectivity index (χ2n) is 4.72. The Morgan fingerprint density at radius 1 is 1.23 bits per heavy atom. The van der Waals surface area contributed by atoms with Crippen molar-refractivity contribution in [2.45, 2.75) is 26.7 Å². The number of alkyl halides is 4. The van der Waals surface area contributed by atoms with Gasteiger partial charge in [0.1, 0.15) is 12.5 Å². The van der Waals surface area contributed by atoms with Crippen LogP contribution in [0, 0.1) is 3.57 Å². The van der Waals surface area contributed by atoms with Gasteiger partial charge >= 0.3 is 6.18 Å². The molecule has 0 fully saturated rings. The molecule has 0 aliphatic heterocycles. The molecule has 3 aromatic rings. The van der Waals surface area contributed by atoms with Gasteiger partial charge in [-0.1, -0.05) is 25.4 Å². The Kier molecular flexibility index (Phi) is 6.27. The van der Waals surface area contributed by atoms with Crippen LogP contribution in [0.4, 0.5) is 23.4 Å². The highest BCUT2D eigenvalue weighted by Gasteiger charge is 2.36. The quantitative estimate of drug-likeness (QED) is 0.389. The van der Waals surface area contributed by atoms with E-state index in [0.29, 0.717) is 5.69 Å². The van der Waals surface area contributed by atoms with Crippen molar-refractivity contribution in [1.82, 2.24) is 19.7 Å². The third kappa shape index (κ3) is 3.85. The monoisotopic (exact) mass is 501 g/mol. The van der Waals surface area contributed by atoms with Crippen LogP contribution in [0.3, 0.4) is 0 Å². The highest BCUT2D eigenvalue weighted by Crippen LogP contribution is 2.33. The number of hydrogen-bond acceptors (Lipinski definition) is 4. The lowest BCUT2D eigenvalue weighted by Crippen LogP contribution is -2.12. The van der Waals surface area contributed by atoms with E-state index in [9.17, 15) is 17.6 Å². The van der Waals surface area contributed by atoms with E-state index >= 15 is 0 Å². The molecule has 26 heavy (non-hydrogen) atoms. The number of benzene rings is 1. The molecule has 2 aromatic heterocycles. The Hall–Kier alpha value is -1.69. The van der Waals surface area contributed by atoms with Crippen LogP contribution in [0.1, 0.15) is 25.4 Å². The van der Waals surface area contributed by atoms with E-state index in [1.165, 1.54) is 0 Å². The first-order valence-corrected chi connectivity index (χ1v) is 8.81. The van der Waals surface area contributed by atoms with Crippen LogP contribution in [-0.2, 0) is 12.9 Å². The highest BCUT2D eigenvalue weighted by molar-refractivity contribution is 14.1. The number of aromatic nitrogens is 4. The van der Waals surface area contributed by atoms with Gasteiger partial charge in [0.15, 0.2) is 5.65 Å². The zero-order chi connectivity index (χ0) is 19.6. The molecule has 0 radical (unpaired) electrons. The van der Waals surface area contributed by atoms with E-state index in [2.05, 4.69) is 15.1 Å². The summed E-state index contributed by atoms with van der Waals surface area (Å²) in [7, 11) is 0. The third-order valence-corrected chi connectivity index (χ3v) is 4.14. The van der Waals surface area contributed by atoms with Gasteiger partial charge in [-0.3, -0.25) is 0 Å². The lowest BCUT2D eigenvalue weighted by atomic mass is 10.2. The number of nitrogen functional groups attached to an aromatic ring is 1. The number of fused-ring (bicyclic) bond motifs is 1. The molecule has 0 atom stereocenters. The first kappa shape index (κ1) is 20.6. The van der Waals surface area contributed by atoms with Crippen molar-refractivity contribution in [2.24, 2.45) is 0 Å². The summed E-state index contributed by atoms with van der Waals surface area (Å²) in [5.41, 5.74) is 5.44. The molecule has 0 aliphatic carbocycles. The standard InChI is InChI=1S/C13H7ClF4IN5.C2H6/c14-6-3-5(19)1-2-8(6)24-10(20)9-7(4-15)21-12(13(16,17)18)22-11(9)23-24;1-2/h1-3H,4,20H2;1-2H3. The van der Waals surface area contributed by atoms with Crippen molar-refractivity contribution in [3.8, 4) is 5.69 Å². The average molecular weight is 502 g/mol. The summed E-state index contributed by atoms with van der Waals surface area (Å²) >= 11 is 8.18. The Morgan fingerprint density at radius 2 is 1.88 bits per heavy atom. The van der Waals surface area contributed by atoms with E-state index in [-0.39, 0.29) is 21.9 Å². The van der Waals surface area contributed by atoms with Crippen molar-refractivity contribution >= 4 is 51.0 Å². The molecule has 0 spiro atoms. The molecule has 0 aliphatic rings. The molecule has 3 rings (SSSR count). The second-order valence-corrected chi connectivity index (χ2v) is 6.37. The van der Waals surface area contributed by atoms with Crippen molar-refractivity contribution in [3.63, 3.8) is 0 Å². The van der Waals surface area contributed by atoms with Crippen molar-refractivity contribution in [1.29, 1.82) is 0 Å². The minimum absolute atomic E-state index is 0.0693. The van der Waals surface area contributed by atoms with Gasteiger partial charge in [0, 0.05) is 3.57 Å². The molecule has 5 nitrogen and oxygen atoms in total. The minimum atomic E-state index is -4.82. The second kappa shape index (κ2) is 7.91. The van der Waals surface area contributed by atoms with Crippen molar-refractivity contribution in [3.05, 3.63) is 38.3 Å². The molecule has 0 amide bonds. The fourth-order valence-electron chi connectivity index (χ4n) is 2.14. The molecular formula is C15H13ClF4IN5.